The van der Waals surface area contributed by atoms with Gasteiger partial charge in [-0.15, -0.1) is 11.7 Å². The first-order valence-corrected chi connectivity index (χ1v) is 7.81. The van der Waals surface area contributed by atoms with Crippen LogP contribution in [0.2, 0.25) is 0 Å². The minimum Gasteiger partial charge on any atom is -0.508 e. The Hall–Kier alpha value is -3.41. The molecule has 0 amide bonds. The maximum Gasteiger partial charge on any atom is 0.299 e. The lowest BCUT2D eigenvalue weighted by atomic mass is 10.1. The van der Waals surface area contributed by atoms with Gasteiger partial charge in [-0.1, -0.05) is 24.3 Å². The smallest absolute Gasteiger partial charge is 0.299 e. The molecule has 0 radical (unpaired) electrons. The SMILES string of the molecule is C=CCc1cc(/N=N/c2c(C)[nH]n(-c3ccccc3)c2=O)ccc1O. The number of nitrogens with zero attached hydrogens (tertiary/aromatic N) is 3. The molecule has 25 heavy (non-hydrogen) atoms. The van der Waals surface area contributed by atoms with Crippen molar-refractivity contribution < 1.29 is 5.11 Å². The Morgan fingerprint density at radius 3 is 2.68 bits per heavy atom. The van der Waals surface area contributed by atoms with Crippen LogP contribution in [0.3, 0.4) is 0 Å². The first kappa shape index (κ1) is 16.4. The van der Waals surface area contributed by atoms with Gasteiger partial charge in [0, 0.05) is 0 Å². The number of H-pyrrole nitrogens is 1. The summed E-state index contributed by atoms with van der Waals surface area (Å²) in [5, 5.41) is 21.0. The number of rotatable bonds is 5. The number of benzene rings is 2. The van der Waals surface area contributed by atoms with E-state index in [0.29, 0.717) is 23.4 Å². The second-order valence-corrected chi connectivity index (χ2v) is 5.57. The van der Waals surface area contributed by atoms with Crippen LogP contribution in [0.5, 0.6) is 5.75 Å². The molecule has 3 rings (SSSR count). The molecule has 1 heterocycles. The lowest BCUT2D eigenvalue weighted by Crippen LogP contribution is -2.13. The lowest BCUT2D eigenvalue weighted by Gasteiger charge is -2.01. The zero-order valence-electron chi connectivity index (χ0n) is 13.8. The van der Waals surface area contributed by atoms with Crippen molar-refractivity contribution in [3.63, 3.8) is 0 Å². The lowest BCUT2D eigenvalue weighted by molar-refractivity contribution is 0.470. The summed E-state index contributed by atoms with van der Waals surface area (Å²) < 4.78 is 1.43. The highest BCUT2D eigenvalue weighted by atomic mass is 16.3. The van der Waals surface area contributed by atoms with Gasteiger partial charge in [0.15, 0.2) is 5.69 Å². The van der Waals surface area contributed by atoms with Crippen LogP contribution in [0.1, 0.15) is 11.3 Å². The van der Waals surface area contributed by atoms with Gasteiger partial charge in [0.1, 0.15) is 5.75 Å². The molecule has 6 nitrogen and oxygen atoms in total. The maximum absolute atomic E-state index is 12.6. The summed E-state index contributed by atoms with van der Waals surface area (Å²) in [6, 6.07) is 14.2. The first-order valence-electron chi connectivity index (χ1n) is 7.81. The van der Waals surface area contributed by atoms with Crippen molar-refractivity contribution in [2.75, 3.05) is 0 Å². The summed E-state index contributed by atoms with van der Waals surface area (Å²) >= 11 is 0. The number of aromatic nitrogens is 2. The molecule has 0 aliphatic heterocycles. The Kier molecular flexibility index (Phi) is 4.61. The molecule has 3 aromatic rings. The third kappa shape index (κ3) is 3.42. The second kappa shape index (κ2) is 7.00. The molecule has 0 saturated carbocycles. The molecular formula is C19H18N4O2. The fourth-order valence-corrected chi connectivity index (χ4v) is 2.48. The normalized spacial score (nSPS) is 11.1. The van der Waals surface area contributed by atoms with Crippen molar-refractivity contribution in [2.24, 2.45) is 10.2 Å². The molecule has 0 aliphatic rings. The molecular weight excluding hydrogens is 316 g/mol. The Morgan fingerprint density at radius 2 is 1.96 bits per heavy atom. The third-order valence-electron chi connectivity index (χ3n) is 3.75. The monoisotopic (exact) mass is 334 g/mol. The molecule has 2 N–H and O–H groups in total. The molecule has 0 bridgehead atoms. The van der Waals surface area contributed by atoms with Crippen molar-refractivity contribution in [3.8, 4) is 11.4 Å². The van der Waals surface area contributed by atoms with E-state index in [1.165, 1.54) is 4.68 Å². The molecule has 0 saturated heterocycles. The van der Waals surface area contributed by atoms with Crippen molar-refractivity contribution in [3.05, 3.63) is 82.8 Å². The number of para-hydroxylation sites is 1. The summed E-state index contributed by atoms with van der Waals surface area (Å²) in [5.41, 5.74) is 2.61. The molecule has 0 fully saturated rings. The van der Waals surface area contributed by atoms with E-state index in [4.69, 9.17) is 0 Å². The second-order valence-electron chi connectivity index (χ2n) is 5.57. The number of nitrogens with one attached hydrogen (secondary N) is 1. The number of azo groups is 1. The number of aromatic hydroxyl groups is 1. The summed E-state index contributed by atoms with van der Waals surface area (Å²) in [5.74, 6) is 0.183. The summed E-state index contributed by atoms with van der Waals surface area (Å²) in [4.78, 5) is 12.6. The highest BCUT2D eigenvalue weighted by molar-refractivity contribution is 5.48. The number of phenols is 1. The first-order chi connectivity index (χ1) is 12.1. The molecule has 2 aromatic carbocycles. The van der Waals surface area contributed by atoms with Crippen LogP contribution in [-0.4, -0.2) is 14.9 Å². The van der Waals surface area contributed by atoms with E-state index >= 15 is 0 Å². The Balaban J connectivity index is 1.95. The topological polar surface area (TPSA) is 82.7 Å². The fourth-order valence-electron chi connectivity index (χ4n) is 2.48. The quantitative estimate of drug-likeness (QED) is 0.538. The average Bonchev–Trinajstić information content (AvgIpc) is 2.91. The van der Waals surface area contributed by atoms with E-state index in [1.807, 2.05) is 30.3 Å². The van der Waals surface area contributed by atoms with Gasteiger partial charge in [0.25, 0.3) is 5.56 Å². The fraction of sp³-hybridized carbons (Fsp3) is 0.105. The number of allylic oxidation sites excluding steroid dienone is 1. The van der Waals surface area contributed by atoms with Crippen LogP contribution in [0, 0.1) is 6.92 Å². The van der Waals surface area contributed by atoms with Crippen molar-refractivity contribution in [1.29, 1.82) is 0 Å². The van der Waals surface area contributed by atoms with Gasteiger partial charge in [-0.25, -0.2) is 4.68 Å². The molecule has 0 spiro atoms. The minimum atomic E-state index is -0.266. The van der Waals surface area contributed by atoms with E-state index in [0.717, 1.165) is 5.69 Å². The van der Waals surface area contributed by atoms with Gasteiger partial charge in [-0.3, -0.25) is 9.89 Å². The zero-order valence-corrected chi connectivity index (χ0v) is 13.8. The number of hydrogen-bond donors (Lipinski definition) is 2. The van der Waals surface area contributed by atoms with Crippen LogP contribution >= 0.6 is 0 Å². The molecule has 0 unspecified atom stereocenters. The molecule has 0 atom stereocenters. The summed E-state index contributed by atoms with van der Waals surface area (Å²) in [6.45, 7) is 5.43. The van der Waals surface area contributed by atoms with Crippen LogP contribution in [0.4, 0.5) is 11.4 Å². The van der Waals surface area contributed by atoms with E-state index in [9.17, 15) is 9.90 Å². The third-order valence-corrected chi connectivity index (χ3v) is 3.75. The standard InChI is InChI=1S/C19H18N4O2/c1-3-7-14-12-15(10-11-17(14)24)20-21-18-13(2)22-23(19(18)25)16-8-5-4-6-9-16/h3-6,8-12,22,24H,1,7H2,2H3/b21-20+. The van der Waals surface area contributed by atoms with Gasteiger partial charge < -0.3 is 5.11 Å². The van der Waals surface area contributed by atoms with Crippen LogP contribution in [0.15, 0.2) is 76.2 Å². The Morgan fingerprint density at radius 1 is 1.20 bits per heavy atom. The largest absolute Gasteiger partial charge is 0.508 e. The number of aryl methyl sites for hydroxylation is 1. The van der Waals surface area contributed by atoms with Gasteiger partial charge in [-0.05, 0) is 49.2 Å². The van der Waals surface area contributed by atoms with Crippen LogP contribution in [-0.2, 0) is 6.42 Å². The van der Waals surface area contributed by atoms with E-state index in [1.54, 1.807) is 31.2 Å². The van der Waals surface area contributed by atoms with Gasteiger partial charge >= 0.3 is 0 Å². The summed E-state index contributed by atoms with van der Waals surface area (Å²) in [7, 11) is 0. The molecule has 0 aliphatic carbocycles. The van der Waals surface area contributed by atoms with Crippen molar-refractivity contribution in [1.82, 2.24) is 9.78 Å². The number of hydrogen-bond acceptors (Lipinski definition) is 4. The molecule has 126 valence electrons. The number of aromatic amines is 1. The number of phenolic OH excluding ortho intramolecular Hbond substituents is 1. The van der Waals surface area contributed by atoms with E-state index in [-0.39, 0.29) is 17.0 Å². The highest BCUT2D eigenvalue weighted by Crippen LogP contribution is 2.25. The summed E-state index contributed by atoms with van der Waals surface area (Å²) in [6.07, 6.45) is 2.23. The minimum absolute atomic E-state index is 0.183. The average molecular weight is 334 g/mol. The van der Waals surface area contributed by atoms with Gasteiger partial charge in [0.2, 0.25) is 0 Å². The highest BCUT2D eigenvalue weighted by Gasteiger charge is 2.12. The van der Waals surface area contributed by atoms with Crippen LogP contribution < -0.4 is 5.56 Å². The molecule has 1 aromatic heterocycles. The van der Waals surface area contributed by atoms with Gasteiger partial charge in [-0.2, -0.15) is 5.11 Å². The van der Waals surface area contributed by atoms with Crippen molar-refractivity contribution >= 4 is 11.4 Å². The predicted molar refractivity (Wildman–Crippen MR) is 97.3 cm³/mol. The maximum atomic E-state index is 12.6. The molecule has 6 heteroatoms. The Bertz CT molecular complexity index is 984. The van der Waals surface area contributed by atoms with Crippen molar-refractivity contribution in [2.45, 2.75) is 13.3 Å². The zero-order chi connectivity index (χ0) is 17.8. The van der Waals surface area contributed by atoms with Crippen LogP contribution in [0.25, 0.3) is 5.69 Å². The van der Waals surface area contributed by atoms with E-state index < -0.39 is 0 Å². The van der Waals surface area contributed by atoms with E-state index in [2.05, 4.69) is 21.9 Å². The van der Waals surface area contributed by atoms with Gasteiger partial charge in [0.05, 0.1) is 17.1 Å². The Labute approximate surface area is 144 Å². The predicted octanol–water partition coefficient (Wildman–Crippen LogP) is 4.32.